The van der Waals surface area contributed by atoms with Crippen molar-refractivity contribution in [2.75, 3.05) is 32.5 Å². The van der Waals surface area contributed by atoms with E-state index in [1.807, 2.05) is 78.5 Å². The summed E-state index contributed by atoms with van der Waals surface area (Å²) in [6.45, 7) is 7.03. The molecule has 3 heterocycles. The van der Waals surface area contributed by atoms with Crippen LogP contribution in [0.2, 0.25) is 0 Å². The monoisotopic (exact) mass is 566 g/mol. The number of carbonyl (C=O) groups is 1. The number of hydrogen-bond acceptors (Lipinski definition) is 6. The second kappa shape index (κ2) is 13.3. The van der Waals surface area contributed by atoms with E-state index >= 15 is 0 Å². The number of aromatic nitrogens is 3. The Balaban J connectivity index is 0.00000353. The van der Waals surface area contributed by atoms with Gasteiger partial charge in [0.25, 0.3) is 5.56 Å². The standard InChI is InChI=1S/C30H34N4O3S.ClH/c1-3-34-29(36)26-15-18-33(28(26)31-30(34)38-2)21-22-7-9-23(10-8-22)27(35)24-11-13-25(14-12-24)37-20-19-32-16-5-4-6-17-32;/h7-15,18H,3-6,16-17,19-21H2,1-2H3;1H. The van der Waals surface area contributed by atoms with Crippen molar-refractivity contribution in [3.63, 3.8) is 0 Å². The van der Waals surface area contributed by atoms with Crippen molar-refractivity contribution in [3.05, 3.63) is 87.8 Å². The van der Waals surface area contributed by atoms with Crippen LogP contribution < -0.4 is 10.3 Å². The van der Waals surface area contributed by atoms with Crippen LogP contribution in [0, 0.1) is 0 Å². The molecule has 0 amide bonds. The lowest BCUT2D eigenvalue weighted by Crippen LogP contribution is -2.33. The zero-order valence-corrected chi connectivity index (χ0v) is 24.1. The smallest absolute Gasteiger partial charge is 0.263 e. The maximum Gasteiger partial charge on any atom is 0.263 e. The van der Waals surface area contributed by atoms with E-state index in [0.29, 0.717) is 47.0 Å². The number of halogens is 1. The number of thioether (sulfide) groups is 1. The third kappa shape index (κ3) is 6.57. The highest BCUT2D eigenvalue weighted by Crippen LogP contribution is 2.20. The van der Waals surface area contributed by atoms with Crippen LogP contribution in [0.4, 0.5) is 0 Å². The number of rotatable bonds is 10. The van der Waals surface area contributed by atoms with E-state index in [4.69, 9.17) is 9.72 Å². The summed E-state index contributed by atoms with van der Waals surface area (Å²) in [6.07, 6.45) is 7.72. The van der Waals surface area contributed by atoms with Crippen molar-refractivity contribution < 1.29 is 9.53 Å². The van der Waals surface area contributed by atoms with Gasteiger partial charge in [-0.05, 0) is 75.0 Å². The fraction of sp³-hybridized carbons (Fsp3) is 0.367. The summed E-state index contributed by atoms with van der Waals surface area (Å²) in [5.41, 5.74) is 2.98. The Morgan fingerprint density at radius 3 is 2.28 bits per heavy atom. The Kier molecular flexibility index (Phi) is 9.88. The summed E-state index contributed by atoms with van der Waals surface area (Å²) in [4.78, 5) is 33.1. The van der Waals surface area contributed by atoms with E-state index < -0.39 is 0 Å². The molecule has 1 saturated heterocycles. The molecule has 7 nitrogen and oxygen atoms in total. The highest BCUT2D eigenvalue weighted by atomic mass is 35.5. The van der Waals surface area contributed by atoms with Crippen molar-refractivity contribution in [2.45, 2.75) is 44.4 Å². The number of benzene rings is 2. The minimum atomic E-state index is -0.0192. The van der Waals surface area contributed by atoms with Crippen LogP contribution in [-0.4, -0.2) is 57.3 Å². The fourth-order valence-electron chi connectivity index (χ4n) is 5.00. The second-order valence-electron chi connectivity index (χ2n) is 9.63. The van der Waals surface area contributed by atoms with Gasteiger partial charge in [-0.2, -0.15) is 0 Å². The summed E-state index contributed by atoms with van der Waals surface area (Å²) in [7, 11) is 0. The van der Waals surface area contributed by atoms with Crippen LogP contribution in [0.3, 0.4) is 0 Å². The Morgan fingerprint density at radius 2 is 1.64 bits per heavy atom. The largest absolute Gasteiger partial charge is 0.492 e. The van der Waals surface area contributed by atoms with E-state index in [0.717, 1.165) is 30.9 Å². The number of likely N-dealkylation sites (tertiary alicyclic amines) is 1. The number of hydrogen-bond donors (Lipinski definition) is 0. The predicted molar refractivity (Wildman–Crippen MR) is 160 cm³/mol. The zero-order valence-electron chi connectivity index (χ0n) is 22.5. The minimum Gasteiger partial charge on any atom is -0.492 e. The van der Waals surface area contributed by atoms with Crippen LogP contribution in [0.15, 0.2) is 70.7 Å². The topological polar surface area (TPSA) is 69.4 Å². The minimum absolute atomic E-state index is 0. The van der Waals surface area contributed by atoms with E-state index in [9.17, 15) is 9.59 Å². The first-order valence-electron chi connectivity index (χ1n) is 13.3. The Labute approximate surface area is 239 Å². The molecule has 2 aromatic carbocycles. The summed E-state index contributed by atoms with van der Waals surface area (Å²) < 4.78 is 9.58. The average molecular weight is 567 g/mol. The molecule has 0 atom stereocenters. The van der Waals surface area contributed by atoms with Crippen LogP contribution in [0.1, 0.15) is 47.7 Å². The van der Waals surface area contributed by atoms with Gasteiger partial charge >= 0.3 is 0 Å². The van der Waals surface area contributed by atoms with Gasteiger partial charge in [0.05, 0.1) is 5.39 Å². The first-order chi connectivity index (χ1) is 18.6. The molecule has 0 spiro atoms. The van der Waals surface area contributed by atoms with Crippen LogP contribution in [0.5, 0.6) is 5.75 Å². The van der Waals surface area contributed by atoms with Crippen molar-refractivity contribution >= 4 is 41.0 Å². The van der Waals surface area contributed by atoms with Gasteiger partial charge in [-0.1, -0.05) is 42.4 Å². The molecule has 4 aromatic rings. The summed E-state index contributed by atoms with van der Waals surface area (Å²) in [6, 6.07) is 16.9. The summed E-state index contributed by atoms with van der Waals surface area (Å²) in [5, 5.41) is 1.33. The van der Waals surface area contributed by atoms with Gasteiger partial charge in [-0.15, -0.1) is 12.4 Å². The Hall–Kier alpha value is -3.07. The molecular formula is C30H35ClN4O3S. The lowest BCUT2D eigenvalue weighted by molar-refractivity contribution is 0.103. The van der Waals surface area contributed by atoms with Gasteiger partial charge in [-0.25, -0.2) is 4.98 Å². The molecule has 0 aliphatic carbocycles. The SMILES string of the molecule is CCn1c(SC)nc2c(ccn2Cc2ccc(C(=O)c3ccc(OCCN4CCCCC4)cc3)cc2)c1=O.Cl. The van der Waals surface area contributed by atoms with Gasteiger partial charge in [0.15, 0.2) is 10.9 Å². The highest BCUT2D eigenvalue weighted by molar-refractivity contribution is 7.98. The quantitative estimate of drug-likeness (QED) is 0.143. The van der Waals surface area contributed by atoms with E-state index in [1.165, 1.54) is 31.0 Å². The summed E-state index contributed by atoms with van der Waals surface area (Å²) in [5.74, 6) is 0.769. The van der Waals surface area contributed by atoms with Crippen molar-refractivity contribution in [3.8, 4) is 5.75 Å². The van der Waals surface area contributed by atoms with Gasteiger partial charge in [0.1, 0.15) is 18.0 Å². The molecule has 2 aromatic heterocycles. The Bertz CT molecular complexity index is 1460. The molecule has 0 N–H and O–H groups in total. The van der Waals surface area contributed by atoms with Gasteiger partial charge < -0.3 is 9.30 Å². The lowest BCUT2D eigenvalue weighted by atomic mass is 10.0. The molecule has 1 aliphatic rings. The number of carbonyl (C=O) groups excluding carboxylic acids is 1. The molecule has 1 fully saturated rings. The normalized spacial score (nSPS) is 13.8. The fourth-order valence-corrected chi connectivity index (χ4v) is 5.61. The first-order valence-corrected chi connectivity index (χ1v) is 14.5. The zero-order chi connectivity index (χ0) is 26.5. The first kappa shape index (κ1) is 28.9. The second-order valence-corrected chi connectivity index (χ2v) is 10.4. The van der Waals surface area contributed by atoms with E-state index in [1.54, 1.807) is 4.57 Å². The number of ketones is 1. The highest BCUT2D eigenvalue weighted by Gasteiger charge is 2.14. The number of nitrogens with zero attached hydrogens (tertiary/aromatic N) is 4. The van der Waals surface area contributed by atoms with Gasteiger partial charge in [0.2, 0.25) is 0 Å². The van der Waals surface area contributed by atoms with Crippen molar-refractivity contribution in [1.82, 2.24) is 19.0 Å². The third-order valence-corrected chi connectivity index (χ3v) is 7.83. The van der Waals surface area contributed by atoms with Crippen molar-refractivity contribution in [1.29, 1.82) is 0 Å². The molecule has 39 heavy (non-hydrogen) atoms. The molecule has 0 bridgehead atoms. The maximum atomic E-state index is 13.0. The molecule has 1 aliphatic heterocycles. The number of fused-ring (bicyclic) bond motifs is 1. The number of piperidine rings is 1. The maximum absolute atomic E-state index is 13.0. The molecule has 0 unspecified atom stereocenters. The Morgan fingerprint density at radius 1 is 0.974 bits per heavy atom. The molecule has 5 rings (SSSR count). The van der Waals surface area contributed by atoms with Gasteiger partial charge in [0, 0.05) is 37.0 Å². The molecule has 0 radical (unpaired) electrons. The third-order valence-electron chi connectivity index (χ3n) is 7.15. The lowest BCUT2D eigenvalue weighted by Gasteiger charge is -2.26. The predicted octanol–water partition coefficient (Wildman–Crippen LogP) is 5.51. The van der Waals surface area contributed by atoms with E-state index in [2.05, 4.69) is 4.90 Å². The molecular weight excluding hydrogens is 532 g/mol. The molecule has 9 heteroatoms. The molecule has 0 saturated carbocycles. The number of ether oxygens (including phenoxy) is 1. The van der Waals surface area contributed by atoms with Crippen molar-refractivity contribution in [2.24, 2.45) is 0 Å². The molecule has 206 valence electrons. The van der Waals surface area contributed by atoms with Crippen LogP contribution >= 0.6 is 24.2 Å². The van der Waals surface area contributed by atoms with Gasteiger partial charge in [-0.3, -0.25) is 19.1 Å². The van der Waals surface area contributed by atoms with E-state index in [-0.39, 0.29) is 23.7 Å². The summed E-state index contributed by atoms with van der Waals surface area (Å²) >= 11 is 1.47. The van der Waals surface area contributed by atoms with Crippen LogP contribution in [-0.2, 0) is 13.1 Å². The average Bonchev–Trinajstić information content (AvgIpc) is 3.36. The van der Waals surface area contributed by atoms with Crippen LogP contribution in [0.25, 0.3) is 11.0 Å².